The third kappa shape index (κ3) is 5.44. The van der Waals surface area contributed by atoms with Crippen molar-refractivity contribution >= 4 is 28.3 Å². The van der Waals surface area contributed by atoms with Gasteiger partial charge in [0.15, 0.2) is 0 Å². The number of halogens is 1. The Morgan fingerprint density at radius 2 is 1.96 bits per heavy atom. The molecule has 2 rings (SSSR count). The molecule has 2 N–H and O–H groups in total. The van der Waals surface area contributed by atoms with Crippen molar-refractivity contribution in [2.75, 3.05) is 26.2 Å². The highest BCUT2D eigenvalue weighted by Crippen LogP contribution is 2.13. The van der Waals surface area contributed by atoms with Gasteiger partial charge in [-0.2, -0.15) is 0 Å². The maximum Gasteiger partial charge on any atom is 0.253 e. The van der Waals surface area contributed by atoms with Gasteiger partial charge in [0.2, 0.25) is 10.0 Å². The fourth-order valence-corrected chi connectivity index (χ4v) is 3.65. The first-order chi connectivity index (χ1) is 10.8. The predicted molar refractivity (Wildman–Crippen MR) is 97.1 cm³/mol. The van der Waals surface area contributed by atoms with E-state index in [2.05, 4.69) is 10.0 Å². The molecule has 6 nitrogen and oxygen atoms in total. The van der Waals surface area contributed by atoms with Gasteiger partial charge in [-0.05, 0) is 37.1 Å². The lowest BCUT2D eigenvalue weighted by atomic mass is 10.1. The topological polar surface area (TPSA) is 78.5 Å². The van der Waals surface area contributed by atoms with Crippen molar-refractivity contribution in [3.05, 3.63) is 29.8 Å². The number of sulfonamides is 1. The molecule has 1 aliphatic rings. The van der Waals surface area contributed by atoms with Gasteiger partial charge in [0.05, 0.1) is 4.90 Å². The highest BCUT2D eigenvalue weighted by molar-refractivity contribution is 7.89. The van der Waals surface area contributed by atoms with E-state index in [-0.39, 0.29) is 35.2 Å². The molecule has 0 radical (unpaired) electrons. The average molecular weight is 376 g/mol. The average Bonchev–Trinajstić information content (AvgIpc) is 2.52. The summed E-state index contributed by atoms with van der Waals surface area (Å²) in [6, 6.07) is 6.41. The van der Waals surface area contributed by atoms with E-state index in [1.54, 1.807) is 17.0 Å². The van der Waals surface area contributed by atoms with Crippen LogP contribution in [0.2, 0.25) is 0 Å². The molecule has 1 aliphatic heterocycles. The van der Waals surface area contributed by atoms with Gasteiger partial charge < -0.3 is 10.2 Å². The Morgan fingerprint density at radius 3 is 2.50 bits per heavy atom. The van der Waals surface area contributed by atoms with Crippen LogP contribution in [0.15, 0.2) is 29.2 Å². The molecule has 1 aromatic rings. The van der Waals surface area contributed by atoms with E-state index in [1.807, 2.05) is 20.8 Å². The second-order valence-electron chi connectivity index (χ2n) is 6.38. The highest BCUT2D eigenvalue weighted by atomic mass is 35.5. The summed E-state index contributed by atoms with van der Waals surface area (Å²) in [5.74, 6) is 0.178. The minimum absolute atomic E-state index is 0. The van der Waals surface area contributed by atoms with Crippen LogP contribution in [-0.4, -0.2) is 51.4 Å². The maximum atomic E-state index is 12.5. The first-order valence-electron chi connectivity index (χ1n) is 7.92. The van der Waals surface area contributed by atoms with E-state index in [9.17, 15) is 13.2 Å². The van der Waals surface area contributed by atoms with Crippen LogP contribution in [0.3, 0.4) is 0 Å². The van der Waals surface area contributed by atoms with Crippen molar-refractivity contribution < 1.29 is 13.2 Å². The zero-order valence-electron chi connectivity index (χ0n) is 14.3. The van der Waals surface area contributed by atoms with Gasteiger partial charge >= 0.3 is 0 Å². The van der Waals surface area contributed by atoms with E-state index < -0.39 is 10.0 Å². The molecular formula is C16H26ClN3O3S. The molecule has 0 saturated carbocycles. The van der Waals surface area contributed by atoms with E-state index in [0.717, 1.165) is 6.54 Å². The summed E-state index contributed by atoms with van der Waals surface area (Å²) in [6.45, 7) is 8.42. The Morgan fingerprint density at radius 1 is 1.33 bits per heavy atom. The molecule has 1 fully saturated rings. The molecule has 0 bridgehead atoms. The van der Waals surface area contributed by atoms with E-state index in [1.165, 1.54) is 12.1 Å². The van der Waals surface area contributed by atoms with Crippen molar-refractivity contribution in [2.24, 2.45) is 5.92 Å². The summed E-state index contributed by atoms with van der Waals surface area (Å²) in [6.07, 6.45) is 0. The monoisotopic (exact) mass is 375 g/mol. The summed E-state index contributed by atoms with van der Waals surface area (Å²) in [5.41, 5.74) is 0.516. The van der Waals surface area contributed by atoms with Crippen molar-refractivity contribution in [3.63, 3.8) is 0 Å². The lowest BCUT2D eigenvalue weighted by Gasteiger charge is -2.32. The zero-order valence-corrected chi connectivity index (χ0v) is 15.9. The fraction of sp³-hybridized carbons (Fsp3) is 0.562. The standard InChI is InChI=1S/C16H25N3O3S.ClH/c1-12(2)10-18-23(21,22)15-6-4-14(5-7-15)16(20)19-9-8-17-13(3)11-19;/h4-7,12-13,17-18H,8-11H2,1-3H3;1H. The lowest BCUT2D eigenvalue weighted by Crippen LogP contribution is -2.51. The van der Waals surface area contributed by atoms with Crippen LogP contribution in [0.25, 0.3) is 0 Å². The smallest absolute Gasteiger partial charge is 0.253 e. The van der Waals surface area contributed by atoms with Gasteiger partial charge in [-0.3, -0.25) is 4.79 Å². The molecular weight excluding hydrogens is 350 g/mol. The number of rotatable bonds is 5. The number of piperazine rings is 1. The summed E-state index contributed by atoms with van der Waals surface area (Å²) in [7, 11) is -3.52. The zero-order chi connectivity index (χ0) is 17.0. The summed E-state index contributed by atoms with van der Waals surface area (Å²) >= 11 is 0. The SMILES string of the molecule is CC(C)CNS(=O)(=O)c1ccc(C(=O)N2CCNC(C)C2)cc1.Cl. The molecule has 1 amide bonds. The van der Waals surface area contributed by atoms with Gasteiger partial charge in [-0.1, -0.05) is 13.8 Å². The molecule has 136 valence electrons. The van der Waals surface area contributed by atoms with Crippen molar-refractivity contribution in [1.82, 2.24) is 14.9 Å². The van der Waals surface area contributed by atoms with Crippen LogP contribution in [0.4, 0.5) is 0 Å². The second-order valence-corrected chi connectivity index (χ2v) is 8.14. The number of amides is 1. The molecule has 24 heavy (non-hydrogen) atoms. The van der Waals surface area contributed by atoms with Gasteiger partial charge in [0, 0.05) is 37.8 Å². The van der Waals surface area contributed by atoms with Crippen molar-refractivity contribution in [1.29, 1.82) is 0 Å². The number of hydrogen-bond donors (Lipinski definition) is 2. The summed E-state index contributed by atoms with van der Waals surface area (Å²) < 4.78 is 26.9. The molecule has 0 aromatic heterocycles. The Hall–Kier alpha value is -1.15. The van der Waals surface area contributed by atoms with E-state index in [4.69, 9.17) is 0 Å². The molecule has 0 spiro atoms. The van der Waals surface area contributed by atoms with Crippen LogP contribution < -0.4 is 10.0 Å². The van der Waals surface area contributed by atoms with Crippen molar-refractivity contribution in [3.8, 4) is 0 Å². The Labute approximate surface area is 150 Å². The molecule has 1 unspecified atom stereocenters. The van der Waals surface area contributed by atoms with Crippen LogP contribution in [0.5, 0.6) is 0 Å². The Kier molecular flexibility index (Phi) is 7.66. The van der Waals surface area contributed by atoms with Gasteiger partial charge in [-0.15, -0.1) is 12.4 Å². The minimum Gasteiger partial charge on any atom is -0.336 e. The van der Waals surface area contributed by atoms with Crippen LogP contribution in [-0.2, 0) is 10.0 Å². The van der Waals surface area contributed by atoms with E-state index >= 15 is 0 Å². The molecule has 1 atom stereocenters. The molecule has 1 saturated heterocycles. The van der Waals surface area contributed by atoms with Crippen molar-refractivity contribution in [2.45, 2.75) is 31.7 Å². The normalized spacial score (nSPS) is 18.3. The maximum absolute atomic E-state index is 12.5. The van der Waals surface area contributed by atoms with E-state index in [0.29, 0.717) is 25.2 Å². The van der Waals surface area contributed by atoms with Gasteiger partial charge in [-0.25, -0.2) is 13.1 Å². The largest absolute Gasteiger partial charge is 0.336 e. The molecule has 1 aromatic carbocycles. The number of carbonyl (C=O) groups excluding carboxylic acids is 1. The first kappa shape index (κ1) is 20.9. The third-order valence-corrected chi connectivity index (χ3v) is 5.19. The Balaban J connectivity index is 0.00000288. The third-order valence-electron chi connectivity index (χ3n) is 3.75. The lowest BCUT2D eigenvalue weighted by molar-refractivity contribution is 0.0709. The quantitative estimate of drug-likeness (QED) is 0.817. The minimum atomic E-state index is -3.52. The number of carbonyl (C=O) groups is 1. The molecule has 8 heteroatoms. The molecule has 0 aliphatic carbocycles. The number of nitrogens with one attached hydrogen (secondary N) is 2. The highest BCUT2D eigenvalue weighted by Gasteiger charge is 2.22. The van der Waals surface area contributed by atoms with Crippen LogP contribution >= 0.6 is 12.4 Å². The summed E-state index contributed by atoms with van der Waals surface area (Å²) in [4.78, 5) is 14.4. The number of nitrogens with zero attached hydrogens (tertiary/aromatic N) is 1. The predicted octanol–water partition coefficient (Wildman–Crippen LogP) is 1.48. The van der Waals surface area contributed by atoms with Crippen LogP contribution in [0.1, 0.15) is 31.1 Å². The van der Waals surface area contributed by atoms with Crippen LogP contribution in [0, 0.1) is 5.92 Å². The second kappa shape index (κ2) is 8.80. The first-order valence-corrected chi connectivity index (χ1v) is 9.40. The number of benzene rings is 1. The summed E-state index contributed by atoms with van der Waals surface area (Å²) in [5, 5.41) is 3.29. The van der Waals surface area contributed by atoms with Gasteiger partial charge in [0.25, 0.3) is 5.91 Å². The van der Waals surface area contributed by atoms with Gasteiger partial charge in [0.1, 0.15) is 0 Å². The fourth-order valence-electron chi connectivity index (χ4n) is 2.44. The Bertz CT molecular complexity index is 647. The molecule has 1 heterocycles. The number of hydrogen-bond acceptors (Lipinski definition) is 4.